The maximum absolute atomic E-state index is 14.5. The molecule has 0 saturated heterocycles. The number of carbonyl (C=O) groups excluding carboxylic acids is 1. The number of carbonyl (C=O) groups is 1. The van der Waals surface area contributed by atoms with E-state index in [0.717, 1.165) is 5.56 Å². The van der Waals surface area contributed by atoms with Crippen LogP contribution in [0.1, 0.15) is 41.6 Å². The Morgan fingerprint density at radius 1 is 1.00 bits per heavy atom. The van der Waals surface area contributed by atoms with Gasteiger partial charge in [0.1, 0.15) is 18.2 Å². The predicted octanol–water partition coefficient (Wildman–Crippen LogP) is 4.48. The Hall–Kier alpha value is -3.46. The quantitative estimate of drug-likeness (QED) is 0.445. The molecule has 2 aliphatic carbocycles. The zero-order valence-corrected chi connectivity index (χ0v) is 19.8. The Bertz CT molecular complexity index is 1320. The first-order valence-electron chi connectivity index (χ1n) is 11.5. The number of ether oxygens (including phenoxy) is 2. The number of halogens is 1. The number of hydrogen-bond acceptors (Lipinski definition) is 6. The number of aromatic nitrogens is 1. The lowest BCUT2D eigenvalue weighted by atomic mass is 10.1. The average Bonchev–Trinajstić information content (AvgIpc) is 3.76. The number of pyridine rings is 1. The summed E-state index contributed by atoms with van der Waals surface area (Å²) in [6.07, 6.45) is 5.14. The van der Waals surface area contributed by atoms with Crippen molar-refractivity contribution in [2.24, 2.45) is 5.92 Å². The highest BCUT2D eigenvalue weighted by Gasteiger charge is 2.36. The molecule has 9 heteroatoms. The fourth-order valence-corrected chi connectivity index (χ4v) is 4.80. The largest absolute Gasteiger partial charge is 0.489 e. The maximum Gasteiger partial charge on any atom is 0.264 e. The summed E-state index contributed by atoms with van der Waals surface area (Å²) < 4.78 is 51.9. The molecule has 1 N–H and O–H groups in total. The van der Waals surface area contributed by atoms with Gasteiger partial charge in [0.15, 0.2) is 0 Å². The number of hydrogen-bond donors (Lipinski definition) is 1. The Morgan fingerprint density at radius 3 is 2.43 bits per heavy atom. The van der Waals surface area contributed by atoms with E-state index in [1.807, 2.05) is 0 Å². The third kappa shape index (κ3) is 5.97. The number of nitrogens with zero attached hydrogens (tertiary/aromatic N) is 1. The van der Waals surface area contributed by atoms with E-state index in [4.69, 9.17) is 9.47 Å². The summed E-state index contributed by atoms with van der Waals surface area (Å²) in [6.45, 7) is 0.856. The van der Waals surface area contributed by atoms with Gasteiger partial charge in [0, 0.05) is 29.0 Å². The van der Waals surface area contributed by atoms with Crippen LogP contribution < -0.4 is 14.2 Å². The second-order valence-electron chi connectivity index (χ2n) is 8.94. The van der Waals surface area contributed by atoms with Crippen LogP contribution in [0.2, 0.25) is 0 Å². The van der Waals surface area contributed by atoms with Crippen molar-refractivity contribution in [1.29, 1.82) is 0 Å². The molecule has 2 saturated carbocycles. The number of benzene rings is 2. The molecule has 0 spiro atoms. The summed E-state index contributed by atoms with van der Waals surface area (Å²) >= 11 is 0. The van der Waals surface area contributed by atoms with Crippen LogP contribution in [0.15, 0.2) is 60.8 Å². The molecule has 2 aliphatic rings. The molecule has 5 rings (SSSR count). The molecule has 0 aliphatic heterocycles. The Balaban J connectivity index is 1.20. The molecule has 0 unspecified atom stereocenters. The number of nitrogens with one attached hydrogen (secondary N) is 1. The predicted molar refractivity (Wildman–Crippen MR) is 128 cm³/mol. The standard InChI is InChI=1S/C26H25FN2O5S/c27-24-11-8-21(13-23(24)20-7-12-25(28-14-20)34-16-17-1-2-17)33-15-18-3-5-19(6-4-18)26(30)29-35(31,32)22-9-10-22/h3-8,11-14,17,22H,1-2,9-10,15-16H2,(H,29,30). The van der Waals surface area contributed by atoms with Crippen molar-refractivity contribution in [3.05, 3.63) is 77.7 Å². The van der Waals surface area contributed by atoms with Gasteiger partial charge in [-0.3, -0.25) is 4.79 Å². The van der Waals surface area contributed by atoms with E-state index in [-0.39, 0.29) is 18.0 Å². The van der Waals surface area contributed by atoms with Crippen molar-refractivity contribution in [3.8, 4) is 22.8 Å². The zero-order chi connectivity index (χ0) is 24.4. The van der Waals surface area contributed by atoms with E-state index in [1.54, 1.807) is 54.7 Å². The highest BCUT2D eigenvalue weighted by Crippen LogP contribution is 2.31. The van der Waals surface area contributed by atoms with Crippen LogP contribution in [-0.4, -0.2) is 31.2 Å². The van der Waals surface area contributed by atoms with Crippen LogP contribution in [0.25, 0.3) is 11.1 Å². The maximum atomic E-state index is 14.5. The van der Waals surface area contributed by atoms with E-state index in [1.165, 1.54) is 18.9 Å². The first kappa shape index (κ1) is 23.3. The molecule has 0 radical (unpaired) electrons. The minimum absolute atomic E-state index is 0.194. The molecule has 35 heavy (non-hydrogen) atoms. The molecule has 3 aromatic rings. The molecular weight excluding hydrogens is 471 g/mol. The summed E-state index contributed by atoms with van der Waals surface area (Å²) in [6, 6.07) is 14.5. The number of sulfonamides is 1. The van der Waals surface area contributed by atoms with Crippen LogP contribution in [0, 0.1) is 11.7 Å². The molecule has 1 aromatic heterocycles. The van der Waals surface area contributed by atoms with Gasteiger partial charge in [-0.1, -0.05) is 12.1 Å². The van der Waals surface area contributed by atoms with E-state index >= 15 is 0 Å². The van der Waals surface area contributed by atoms with E-state index in [2.05, 4.69) is 9.71 Å². The Morgan fingerprint density at radius 2 is 1.77 bits per heavy atom. The lowest BCUT2D eigenvalue weighted by molar-refractivity contribution is 0.0981. The van der Waals surface area contributed by atoms with E-state index in [9.17, 15) is 17.6 Å². The van der Waals surface area contributed by atoms with Crippen molar-refractivity contribution in [1.82, 2.24) is 9.71 Å². The normalized spacial score (nSPS) is 15.5. The SMILES string of the molecule is O=C(NS(=O)(=O)C1CC1)c1ccc(COc2ccc(F)c(-c3ccc(OCC4CC4)nc3)c2)cc1. The molecule has 182 valence electrons. The van der Waals surface area contributed by atoms with Crippen LogP contribution in [0.3, 0.4) is 0 Å². The summed E-state index contributed by atoms with van der Waals surface area (Å²) in [5.74, 6) is 0.593. The van der Waals surface area contributed by atoms with Crippen molar-refractivity contribution in [2.45, 2.75) is 37.5 Å². The van der Waals surface area contributed by atoms with Crippen LogP contribution in [-0.2, 0) is 16.6 Å². The molecule has 2 fully saturated rings. The van der Waals surface area contributed by atoms with Gasteiger partial charge in [0.2, 0.25) is 15.9 Å². The molecule has 2 aromatic carbocycles. The first-order chi connectivity index (χ1) is 16.9. The summed E-state index contributed by atoms with van der Waals surface area (Å²) in [5.41, 5.74) is 2.01. The summed E-state index contributed by atoms with van der Waals surface area (Å²) in [4.78, 5) is 16.5. The number of amides is 1. The lowest BCUT2D eigenvalue weighted by Crippen LogP contribution is -2.33. The van der Waals surface area contributed by atoms with Gasteiger partial charge in [0.25, 0.3) is 5.91 Å². The van der Waals surface area contributed by atoms with Gasteiger partial charge >= 0.3 is 0 Å². The number of rotatable bonds is 10. The fourth-order valence-electron chi connectivity index (χ4n) is 3.50. The second-order valence-corrected chi connectivity index (χ2v) is 10.9. The van der Waals surface area contributed by atoms with Gasteiger partial charge in [-0.15, -0.1) is 0 Å². The van der Waals surface area contributed by atoms with Crippen molar-refractivity contribution < 1.29 is 27.1 Å². The Labute approximate surface area is 203 Å². The van der Waals surface area contributed by atoms with Crippen molar-refractivity contribution in [3.63, 3.8) is 0 Å². The van der Waals surface area contributed by atoms with E-state index < -0.39 is 21.2 Å². The van der Waals surface area contributed by atoms with Gasteiger partial charge in [-0.05, 0) is 73.6 Å². The topological polar surface area (TPSA) is 94.6 Å². The summed E-state index contributed by atoms with van der Waals surface area (Å²) in [5, 5.41) is -0.464. The molecular formula is C26H25FN2O5S. The third-order valence-corrected chi connectivity index (χ3v) is 7.79. The molecule has 0 bridgehead atoms. The minimum Gasteiger partial charge on any atom is -0.489 e. The lowest BCUT2D eigenvalue weighted by Gasteiger charge is -2.11. The van der Waals surface area contributed by atoms with Gasteiger partial charge in [-0.25, -0.2) is 22.5 Å². The first-order valence-corrected chi connectivity index (χ1v) is 13.1. The van der Waals surface area contributed by atoms with Gasteiger partial charge in [-0.2, -0.15) is 0 Å². The monoisotopic (exact) mass is 496 g/mol. The van der Waals surface area contributed by atoms with Crippen molar-refractivity contribution in [2.75, 3.05) is 6.61 Å². The van der Waals surface area contributed by atoms with E-state index in [0.29, 0.717) is 48.1 Å². The summed E-state index contributed by atoms with van der Waals surface area (Å²) in [7, 11) is -3.59. The van der Waals surface area contributed by atoms with Gasteiger partial charge in [0.05, 0.1) is 11.9 Å². The Kier molecular flexibility index (Phi) is 6.42. The fraction of sp³-hybridized carbons (Fsp3) is 0.308. The van der Waals surface area contributed by atoms with Gasteiger partial charge < -0.3 is 9.47 Å². The van der Waals surface area contributed by atoms with Crippen LogP contribution in [0.5, 0.6) is 11.6 Å². The smallest absolute Gasteiger partial charge is 0.264 e. The molecule has 1 amide bonds. The van der Waals surface area contributed by atoms with Crippen molar-refractivity contribution >= 4 is 15.9 Å². The average molecular weight is 497 g/mol. The third-order valence-electron chi connectivity index (χ3n) is 5.97. The second kappa shape index (κ2) is 9.65. The van der Waals surface area contributed by atoms with Crippen LogP contribution in [0.4, 0.5) is 4.39 Å². The zero-order valence-electron chi connectivity index (χ0n) is 18.9. The molecule has 0 atom stereocenters. The highest BCUT2D eigenvalue weighted by molar-refractivity contribution is 7.91. The minimum atomic E-state index is -3.59. The molecule has 7 nitrogen and oxygen atoms in total. The molecule has 1 heterocycles. The van der Waals surface area contributed by atoms with Crippen LogP contribution >= 0.6 is 0 Å². The highest BCUT2D eigenvalue weighted by atomic mass is 32.2.